The summed E-state index contributed by atoms with van der Waals surface area (Å²) in [4.78, 5) is 12.6. The second kappa shape index (κ2) is 12.1. The number of quaternary nitrogens is 1. The van der Waals surface area contributed by atoms with Crippen LogP contribution in [0.3, 0.4) is 0 Å². The van der Waals surface area contributed by atoms with Crippen molar-refractivity contribution in [3.63, 3.8) is 0 Å². The topological polar surface area (TPSA) is 83.7 Å². The Kier molecular flexibility index (Phi) is 8.38. The number of nitrogens with two attached hydrogens (primary N) is 1. The Bertz CT molecular complexity index is 1370. The van der Waals surface area contributed by atoms with Crippen molar-refractivity contribution in [3.8, 4) is 23.1 Å². The average Bonchev–Trinajstić information content (AvgIpc) is 3.21. The van der Waals surface area contributed by atoms with Gasteiger partial charge in [0.15, 0.2) is 0 Å². The van der Waals surface area contributed by atoms with Crippen LogP contribution in [0.4, 0.5) is 10.5 Å². The molecule has 0 atom stereocenters. The molecule has 36 heavy (non-hydrogen) atoms. The quantitative estimate of drug-likeness (QED) is 0.292. The van der Waals surface area contributed by atoms with E-state index in [-0.39, 0.29) is 6.03 Å². The van der Waals surface area contributed by atoms with Crippen molar-refractivity contribution in [2.75, 3.05) is 13.2 Å². The Morgan fingerprint density at radius 1 is 1.06 bits per heavy atom. The van der Waals surface area contributed by atoms with E-state index in [1.165, 1.54) is 5.56 Å². The number of urea groups is 1. The molecular weight excluding hydrogens is 448 g/mol. The first-order chi connectivity index (χ1) is 17.6. The highest BCUT2D eigenvalue weighted by Gasteiger charge is 2.20. The van der Waals surface area contributed by atoms with E-state index in [2.05, 4.69) is 35.0 Å². The number of ether oxygens (including phenoxy) is 1. The number of amides is 2. The largest absolute Gasteiger partial charge is 0.494 e. The first-order valence-corrected chi connectivity index (χ1v) is 12.6. The highest BCUT2D eigenvalue weighted by Crippen LogP contribution is 2.36. The van der Waals surface area contributed by atoms with Crippen molar-refractivity contribution < 1.29 is 14.8 Å². The van der Waals surface area contributed by atoms with Gasteiger partial charge in [-0.15, -0.1) is 0 Å². The second-order valence-corrected chi connectivity index (χ2v) is 8.75. The number of unbranched alkanes of at least 4 members (excludes halogenated alkanes) is 1. The van der Waals surface area contributed by atoms with E-state index in [9.17, 15) is 10.1 Å². The predicted molar refractivity (Wildman–Crippen MR) is 143 cm³/mol. The van der Waals surface area contributed by atoms with E-state index in [1.54, 1.807) is 5.32 Å². The average molecular weight is 482 g/mol. The molecule has 0 spiro atoms. The fourth-order valence-electron chi connectivity index (χ4n) is 4.50. The molecule has 0 bridgehead atoms. The van der Waals surface area contributed by atoms with Gasteiger partial charge >= 0.3 is 6.03 Å². The molecule has 0 fully saturated rings. The Labute approximate surface area is 212 Å². The van der Waals surface area contributed by atoms with Gasteiger partial charge in [0, 0.05) is 36.2 Å². The molecule has 0 aliphatic carbocycles. The number of aromatic nitrogens is 1. The van der Waals surface area contributed by atoms with Crippen LogP contribution in [0.25, 0.3) is 22.2 Å². The van der Waals surface area contributed by atoms with Gasteiger partial charge in [0.25, 0.3) is 0 Å². The van der Waals surface area contributed by atoms with Crippen LogP contribution in [0.5, 0.6) is 5.75 Å². The fourth-order valence-corrected chi connectivity index (χ4v) is 4.50. The van der Waals surface area contributed by atoms with Crippen LogP contribution in [0.1, 0.15) is 37.8 Å². The van der Waals surface area contributed by atoms with Gasteiger partial charge in [-0.25, -0.2) is 10.1 Å². The molecule has 0 aliphatic rings. The van der Waals surface area contributed by atoms with Crippen LogP contribution >= 0.6 is 0 Å². The first-order valence-electron chi connectivity index (χ1n) is 12.6. The number of primary amides is 1. The number of hydrogen-bond donors (Lipinski definition) is 2. The number of benzene rings is 3. The molecule has 184 valence electrons. The van der Waals surface area contributed by atoms with E-state index in [0.29, 0.717) is 18.7 Å². The number of aryl methyl sites for hydroxylation is 1. The normalized spacial score (nSPS) is 10.8. The molecule has 1 heterocycles. The highest BCUT2D eigenvalue weighted by atomic mass is 16.5. The van der Waals surface area contributed by atoms with Gasteiger partial charge in [-0.3, -0.25) is 0 Å². The lowest BCUT2D eigenvalue weighted by atomic mass is 10.1. The molecular formula is C30H33N4O2+. The molecule has 0 radical (unpaired) electrons. The third-order valence-electron chi connectivity index (χ3n) is 6.21. The van der Waals surface area contributed by atoms with Crippen LogP contribution in [0.2, 0.25) is 0 Å². The van der Waals surface area contributed by atoms with Crippen LogP contribution in [0, 0.1) is 11.3 Å². The molecule has 4 rings (SSSR count). The highest BCUT2D eigenvalue weighted by molar-refractivity contribution is 5.95. The zero-order valence-corrected chi connectivity index (χ0v) is 21.0. The molecule has 3 aromatic carbocycles. The fraction of sp³-hybridized carbons (Fsp3) is 0.267. The molecule has 4 aromatic rings. The number of nitriles is 1. The third-order valence-corrected chi connectivity index (χ3v) is 6.21. The maximum atomic E-state index is 12.6. The van der Waals surface area contributed by atoms with Crippen molar-refractivity contribution in [1.29, 1.82) is 5.26 Å². The molecule has 6 nitrogen and oxygen atoms in total. The van der Waals surface area contributed by atoms with Gasteiger partial charge in [0.05, 0.1) is 23.4 Å². The van der Waals surface area contributed by atoms with Crippen LogP contribution < -0.4 is 15.4 Å². The molecule has 0 aliphatic heterocycles. The maximum Gasteiger partial charge on any atom is 0.418 e. The SMILES string of the molecule is CCCCn1c(-c2cccc([NH2+]C(=O)NCCc3ccccc3)c2)c(C#N)c2ccc(OCC)cc21. The zero-order chi connectivity index (χ0) is 25.3. The Balaban J connectivity index is 1.61. The lowest BCUT2D eigenvalue weighted by Crippen LogP contribution is -2.85. The molecule has 0 saturated heterocycles. The number of rotatable bonds is 10. The molecule has 0 unspecified atom stereocenters. The van der Waals surface area contributed by atoms with Crippen molar-refractivity contribution in [3.05, 3.63) is 83.9 Å². The van der Waals surface area contributed by atoms with Gasteiger partial charge in [0.2, 0.25) is 0 Å². The predicted octanol–water partition coefficient (Wildman–Crippen LogP) is 5.53. The lowest BCUT2D eigenvalue weighted by molar-refractivity contribution is -0.464. The molecule has 0 saturated carbocycles. The summed E-state index contributed by atoms with van der Waals surface area (Å²) < 4.78 is 7.96. The van der Waals surface area contributed by atoms with Crippen LogP contribution in [-0.4, -0.2) is 23.7 Å². The summed E-state index contributed by atoms with van der Waals surface area (Å²) in [6.45, 7) is 6.09. The van der Waals surface area contributed by atoms with E-state index < -0.39 is 0 Å². The molecule has 6 heteroatoms. The molecule has 3 N–H and O–H groups in total. The first kappa shape index (κ1) is 25.0. The smallest absolute Gasteiger partial charge is 0.418 e. The van der Waals surface area contributed by atoms with Gasteiger partial charge < -0.3 is 14.6 Å². The van der Waals surface area contributed by atoms with Crippen molar-refractivity contribution >= 4 is 22.6 Å². The minimum absolute atomic E-state index is 0.128. The summed E-state index contributed by atoms with van der Waals surface area (Å²) in [5.41, 5.74) is 5.44. The number of nitrogens with one attached hydrogen (secondary N) is 1. The van der Waals surface area contributed by atoms with Crippen molar-refractivity contribution in [1.82, 2.24) is 9.88 Å². The summed E-state index contributed by atoms with van der Waals surface area (Å²) >= 11 is 0. The molecule has 1 aromatic heterocycles. The van der Waals surface area contributed by atoms with Gasteiger partial charge in [0.1, 0.15) is 17.5 Å². The monoisotopic (exact) mass is 481 g/mol. The zero-order valence-electron chi connectivity index (χ0n) is 21.0. The Hall–Kier alpha value is -4.08. The Morgan fingerprint density at radius 2 is 1.89 bits per heavy atom. The Morgan fingerprint density at radius 3 is 2.64 bits per heavy atom. The number of carbonyl (C=O) groups is 1. The third kappa shape index (κ3) is 5.76. The van der Waals surface area contributed by atoms with Crippen LogP contribution in [-0.2, 0) is 13.0 Å². The van der Waals surface area contributed by atoms with Crippen molar-refractivity contribution in [2.24, 2.45) is 0 Å². The lowest BCUT2D eigenvalue weighted by Gasteiger charge is -2.12. The standard InChI is InChI=1S/C30H32N4O2/c1-3-5-18-34-28-20-25(36-4-2)14-15-26(28)27(21-31)29(34)23-12-9-13-24(19-23)33-30(35)32-17-16-22-10-7-6-8-11-22/h6-15,19-20H,3-5,16-18H2,1-2H3,(H2,32,33,35)/p+1. The van der Waals surface area contributed by atoms with E-state index in [0.717, 1.165) is 59.4 Å². The molecule has 2 amide bonds. The number of fused-ring (bicyclic) bond motifs is 1. The number of nitrogens with zero attached hydrogens (tertiary/aromatic N) is 2. The van der Waals surface area contributed by atoms with Gasteiger partial charge in [-0.1, -0.05) is 55.8 Å². The minimum Gasteiger partial charge on any atom is -0.494 e. The van der Waals surface area contributed by atoms with Crippen molar-refractivity contribution in [2.45, 2.75) is 39.7 Å². The van der Waals surface area contributed by atoms with Crippen LogP contribution in [0.15, 0.2) is 72.8 Å². The second-order valence-electron chi connectivity index (χ2n) is 8.75. The summed E-state index contributed by atoms with van der Waals surface area (Å²) in [5.74, 6) is 0.797. The summed E-state index contributed by atoms with van der Waals surface area (Å²) in [6.07, 6.45) is 2.83. The van der Waals surface area contributed by atoms with E-state index >= 15 is 0 Å². The number of carbonyl (C=O) groups excluding carboxylic acids is 1. The van der Waals surface area contributed by atoms with Gasteiger partial charge in [-0.2, -0.15) is 5.26 Å². The van der Waals surface area contributed by atoms with Gasteiger partial charge in [-0.05, 0) is 43.5 Å². The van der Waals surface area contributed by atoms with E-state index in [4.69, 9.17) is 4.74 Å². The number of hydrogen-bond acceptors (Lipinski definition) is 3. The van der Waals surface area contributed by atoms with E-state index in [1.807, 2.05) is 67.6 Å². The summed E-state index contributed by atoms with van der Waals surface area (Å²) in [5, 5.41) is 15.6. The maximum absolute atomic E-state index is 12.6. The summed E-state index contributed by atoms with van der Waals surface area (Å²) in [7, 11) is 0. The minimum atomic E-state index is -0.128. The summed E-state index contributed by atoms with van der Waals surface area (Å²) in [6, 6.07) is 26.2.